The molecule has 4 rings (SSSR count). The van der Waals surface area contributed by atoms with Gasteiger partial charge in [-0.25, -0.2) is 4.79 Å². The number of esters is 1. The lowest BCUT2D eigenvalue weighted by molar-refractivity contribution is -0.121. The summed E-state index contributed by atoms with van der Waals surface area (Å²) in [5, 5.41) is 3.84. The van der Waals surface area contributed by atoms with Crippen molar-refractivity contribution in [2.45, 2.75) is 13.1 Å². The zero-order valence-electron chi connectivity index (χ0n) is 14.7. The predicted molar refractivity (Wildman–Crippen MR) is 97.7 cm³/mol. The molecule has 0 spiro atoms. The number of methoxy groups -OCH3 is 1. The van der Waals surface area contributed by atoms with E-state index in [1.54, 1.807) is 16.7 Å². The van der Waals surface area contributed by atoms with Gasteiger partial charge in [-0.15, -0.1) is 0 Å². The van der Waals surface area contributed by atoms with Crippen LogP contribution in [0.15, 0.2) is 48.7 Å². The molecule has 0 unspecified atom stereocenters. The molecular formula is C20H18N2O5. The lowest BCUT2D eigenvalue weighted by Crippen LogP contribution is -2.26. The van der Waals surface area contributed by atoms with Crippen LogP contribution in [-0.4, -0.2) is 30.3 Å². The highest BCUT2D eigenvalue weighted by molar-refractivity contribution is 5.95. The second kappa shape index (κ2) is 7.03. The van der Waals surface area contributed by atoms with Gasteiger partial charge >= 0.3 is 5.97 Å². The highest BCUT2D eigenvalue weighted by atomic mass is 16.7. The highest BCUT2D eigenvalue weighted by Gasteiger charge is 2.14. The first kappa shape index (κ1) is 17.0. The summed E-state index contributed by atoms with van der Waals surface area (Å²) in [7, 11) is 1.34. The Morgan fingerprint density at radius 3 is 2.81 bits per heavy atom. The van der Waals surface area contributed by atoms with Gasteiger partial charge in [-0.2, -0.15) is 0 Å². The smallest absolute Gasteiger partial charge is 0.337 e. The molecule has 7 nitrogen and oxygen atoms in total. The maximum atomic E-state index is 12.4. The first-order chi connectivity index (χ1) is 13.1. The normalized spacial score (nSPS) is 12.2. The molecule has 0 saturated heterocycles. The van der Waals surface area contributed by atoms with Gasteiger partial charge in [-0.1, -0.05) is 12.1 Å². The number of carbonyl (C=O) groups is 2. The van der Waals surface area contributed by atoms with Crippen LogP contribution in [0.5, 0.6) is 11.5 Å². The summed E-state index contributed by atoms with van der Waals surface area (Å²) in [5.41, 5.74) is 2.18. The van der Waals surface area contributed by atoms with Crippen LogP contribution < -0.4 is 14.8 Å². The number of fused-ring (bicyclic) bond motifs is 2. The van der Waals surface area contributed by atoms with Crippen LogP contribution in [0.4, 0.5) is 0 Å². The number of benzene rings is 2. The molecule has 0 radical (unpaired) electrons. The fourth-order valence-electron chi connectivity index (χ4n) is 3.03. The Bertz CT molecular complexity index is 1020. The molecule has 1 N–H and O–H groups in total. The van der Waals surface area contributed by atoms with Crippen molar-refractivity contribution in [2.75, 3.05) is 13.9 Å². The van der Waals surface area contributed by atoms with Crippen molar-refractivity contribution < 1.29 is 23.8 Å². The number of ether oxygens (including phenoxy) is 3. The summed E-state index contributed by atoms with van der Waals surface area (Å²) in [5.74, 6) is 0.865. The van der Waals surface area contributed by atoms with E-state index < -0.39 is 5.97 Å². The number of hydrogen-bond donors (Lipinski definition) is 1. The molecular weight excluding hydrogens is 348 g/mol. The Balaban J connectivity index is 1.44. The van der Waals surface area contributed by atoms with E-state index in [4.69, 9.17) is 14.2 Å². The van der Waals surface area contributed by atoms with E-state index in [0.717, 1.165) is 16.5 Å². The van der Waals surface area contributed by atoms with Gasteiger partial charge in [0, 0.05) is 18.3 Å². The molecule has 3 aromatic rings. The van der Waals surface area contributed by atoms with E-state index in [1.807, 2.05) is 36.5 Å². The van der Waals surface area contributed by atoms with Gasteiger partial charge in [0.25, 0.3) is 0 Å². The monoisotopic (exact) mass is 366 g/mol. The van der Waals surface area contributed by atoms with Crippen molar-refractivity contribution in [3.63, 3.8) is 0 Å². The second-order valence-corrected chi connectivity index (χ2v) is 6.17. The molecule has 138 valence electrons. The molecule has 2 heterocycles. The lowest BCUT2D eigenvalue weighted by atomic mass is 10.1. The standard InChI is InChI=1S/C20H18N2O5/c1-25-20(24)15-4-3-14-6-7-22(16(14)9-15)11-19(23)21-10-13-2-5-17-18(8-13)27-12-26-17/h2-9H,10-12H2,1H3,(H,21,23). The summed E-state index contributed by atoms with van der Waals surface area (Å²) in [4.78, 5) is 24.1. The van der Waals surface area contributed by atoms with Gasteiger partial charge in [0.2, 0.25) is 12.7 Å². The number of nitrogens with one attached hydrogen (secondary N) is 1. The third-order valence-corrected chi connectivity index (χ3v) is 4.44. The van der Waals surface area contributed by atoms with Gasteiger partial charge in [0.05, 0.1) is 12.7 Å². The molecule has 27 heavy (non-hydrogen) atoms. The van der Waals surface area contributed by atoms with E-state index in [0.29, 0.717) is 23.6 Å². The topological polar surface area (TPSA) is 78.8 Å². The van der Waals surface area contributed by atoms with Crippen LogP contribution in [0.1, 0.15) is 15.9 Å². The molecule has 2 aromatic carbocycles. The minimum absolute atomic E-state index is 0.131. The molecule has 7 heteroatoms. The average Bonchev–Trinajstić information content (AvgIpc) is 3.32. The van der Waals surface area contributed by atoms with Crippen molar-refractivity contribution >= 4 is 22.8 Å². The predicted octanol–water partition coefficient (Wildman–Crippen LogP) is 2.47. The van der Waals surface area contributed by atoms with E-state index in [9.17, 15) is 9.59 Å². The Labute approximate surface area is 155 Å². The summed E-state index contributed by atoms with van der Waals surface area (Å²) < 4.78 is 17.2. The van der Waals surface area contributed by atoms with E-state index >= 15 is 0 Å². The zero-order valence-corrected chi connectivity index (χ0v) is 14.7. The Morgan fingerprint density at radius 2 is 1.96 bits per heavy atom. The van der Waals surface area contributed by atoms with Crippen molar-refractivity contribution in [3.8, 4) is 11.5 Å². The fraction of sp³-hybridized carbons (Fsp3) is 0.200. The maximum Gasteiger partial charge on any atom is 0.337 e. The molecule has 1 aliphatic heterocycles. The van der Waals surface area contributed by atoms with E-state index in [2.05, 4.69) is 5.32 Å². The molecule has 0 fully saturated rings. The van der Waals surface area contributed by atoms with Crippen molar-refractivity contribution in [3.05, 3.63) is 59.8 Å². The highest BCUT2D eigenvalue weighted by Crippen LogP contribution is 2.32. The summed E-state index contributed by atoms with van der Waals surface area (Å²) >= 11 is 0. The number of nitrogens with zero attached hydrogens (tertiary/aromatic N) is 1. The first-order valence-electron chi connectivity index (χ1n) is 8.46. The number of hydrogen-bond acceptors (Lipinski definition) is 5. The van der Waals surface area contributed by atoms with Gasteiger partial charge in [0.1, 0.15) is 6.54 Å². The molecule has 1 amide bonds. The number of aromatic nitrogens is 1. The van der Waals surface area contributed by atoms with Gasteiger partial charge in [-0.3, -0.25) is 4.79 Å². The van der Waals surface area contributed by atoms with Crippen LogP contribution in [-0.2, 0) is 22.6 Å². The lowest BCUT2D eigenvalue weighted by Gasteiger charge is -2.09. The SMILES string of the molecule is COC(=O)c1ccc2ccn(CC(=O)NCc3ccc4c(c3)OCO4)c2c1. The van der Waals surface area contributed by atoms with Gasteiger partial charge in [0.15, 0.2) is 11.5 Å². The van der Waals surface area contributed by atoms with Crippen molar-refractivity contribution in [2.24, 2.45) is 0 Å². The minimum atomic E-state index is -0.406. The van der Waals surface area contributed by atoms with Crippen molar-refractivity contribution in [1.82, 2.24) is 9.88 Å². The van der Waals surface area contributed by atoms with Gasteiger partial charge < -0.3 is 24.1 Å². The Hall–Kier alpha value is -3.48. The molecule has 0 bridgehead atoms. The van der Waals surface area contributed by atoms with Crippen LogP contribution in [0.25, 0.3) is 10.9 Å². The largest absolute Gasteiger partial charge is 0.465 e. The average molecular weight is 366 g/mol. The second-order valence-electron chi connectivity index (χ2n) is 6.17. The molecule has 1 aromatic heterocycles. The third-order valence-electron chi connectivity index (χ3n) is 4.44. The Morgan fingerprint density at radius 1 is 1.11 bits per heavy atom. The van der Waals surface area contributed by atoms with Crippen LogP contribution in [0.2, 0.25) is 0 Å². The molecule has 1 aliphatic rings. The van der Waals surface area contributed by atoms with E-state index in [-0.39, 0.29) is 19.2 Å². The van der Waals surface area contributed by atoms with Crippen LogP contribution >= 0.6 is 0 Å². The number of carbonyl (C=O) groups excluding carboxylic acids is 2. The number of rotatable bonds is 5. The Kier molecular flexibility index (Phi) is 4.42. The molecule has 0 aliphatic carbocycles. The van der Waals surface area contributed by atoms with Crippen LogP contribution in [0, 0.1) is 0 Å². The molecule has 0 atom stereocenters. The maximum absolute atomic E-state index is 12.4. The zero-order chi connectivity index (χ0) is 18.8. The summed E-state index contributed by atoms with van der Waals surface area (Å²) in [6.45, 7) is 0.764. The summed E-state index contributed by atoms with van der Waals surface area (Å²) in [6, 6.07) is 12.8. The first-order valence-corrected chi connectivity index (χ1v) is 8.46. The van der Waals surface area contributed by atoms with Gasteiger partial charge in [-0.05, 0) is 41.3 Å². The van der Waals surface area contributed by atoms with E-state index in [1.165, 1.54) is 7.11 Å². The summed E-state index contributed by atoms with van der Waals surface area (Å²) in [6.07, 6.45) is 1.83. The molecule has 0 saturated carbocycles. The quantitative estimate of drug-likeness (QED) is 0.702. The third kappa shape index (κ3) is 3.44. The van der Waals surface area contributed by atoms with Crippen LogP contribution in [0.3, 0.4) is 0 Å². The minimum Gasteiger partial charge on any atom is -0.465 e. The fourth-order valence-corrected chi connectivity index (χ4v) is 3.03. The van der Waals surface area contributed by atoms with Crippen molar-refractivity contribution in [1.29, 1.82) is 0 Å². The number of amides is 1.